The van der Waals surface area contributed by atoms with Crippen LogP contribution >= 0.6 is 0 Å². The first-order valence-electron chi connectivity index (χ1n) is 6.93. The van der Waals surface area contributed by atoms with Crippen molar-refractivity contribution in [1.82, 2.24) is 5.43 Å². The van der Waals surface area contributed by atoms with Gasteiger partial charge < -0.3 is 10.1 Å². The first kappa shape index (κ1) is 16.2. The first-order chi connectivity index (χ1) is 11.1. The Morgan fingerprint density at radius 1 is 1.09 bits per heavy atom. The minimum atomic E-state index is -0.837. The number of hydrogen-bond donors (Lipinski definition) is 2. The zero-order chi connectivity index (χ0) is 16.7. The van der Waals surface area contributed by atoms with Crippen LogP contribution < -0.4 is 15.5 Å². The molecule has 2 N–H and O–H groups in total. The Hall–Kier alpha value is -3.15. The summed E-state index contributed by atoms with van der Waals surface area (Å²) in [6.07, 6.45) is 1.44. The van der Waals surface area contributed by atoms with Crippen molar-refractivity contribution in [3.63, 3.8) is 0 Å². The van der Waals surface area contributed by atoms with Crippen molar-refractivity contribution in [3.05, 3.63) is 59.7 Å². The molecule has 6 nitrogen and oxygen atoms in total. The molecule has 2 amide bonds. The topological polar surface area (TPSA) is 79.8 Å². The molecule has 2 aromatic carbocycles. The zero-order valence-electron chi connectivity index (χ0n) is 12.9. The standard InChI is InChI=1S/C17H17N3O3/c1-12-4-3-5-14(10-12)19-16(21)17(22)20-18-11-13-6-8-15(23-2)9-7-13/h3-11H,1-2H3,(H,19,21)(H,20,22)/b18-11+. The summed E-state index contributed by atoms with van der Waals surface area (Å²) in [5.41, 5.74) is 4.50. The summed E-state index contributed by atoms with van der Waals surface area (Å²) in [5.74, 6) is -0.887. The van der Waals surface area contributed by atoms with E-state index in [0.29, 0.717) is 5.69 Å². The van der Waals surface area contributed by atoms with Crippen molar-refractivity contribution >= 4 is 23.7 Å². The van der Waals surface area contributed by atoms with E-state index in [-0.39, 0.29) is 0 Å². The van der Waals surface area contributed by atoms with Gasteiger partial charge in [-0.05, 0) is 54.4 Å². The second-order valence-electron chi connectivity index (χ2n) is 4.80. The van der Waals surface area contributed by atoms with Crippen LogP contribution in [0, 0.1) is 6.92 Å². The number of carbonyl (C=O) groups excluding carboxylic acids is 2. The van der Waals surface area contributed by atoms with Gasteiger partial charge in [0.25, 0.3) is 0 Å². The van der Waals surface area contributed by atoms with Crippen LogP contribution in [-0.4, -0.2) is 25.1 Å². The Bertz CT molecular complexity index is 724. The van der Waals surface area contributed by atoms with E-state index in [2.05, 4.69) is 15.8 Å². The van der Waals surface area contributed by atoms with Crippen LogP contribution in [0.4, 0.5) is 5.69 Å². The Kier molecular flexibility index (Phi) is 5.46. The highest BCUT2D eigenvalue weighted by Gasteiger charge is 2.12. The molecule has 0 spiro atoms. The van der Waals surface area contributed by atoms with Crippen LogP contribution in [-0.2, 0) is 9.59 Å². The van der Waals surface area contributed by atoms with Crippen molar-refractivity contribution in [2.75, 3.05) is 12.4 Å². The summed E-state index contributed by atoms with van der Waals surface area (Å²) in [7, 11) is 1.58. The molecule has 6 heteroatoms. The molecule has 0 saturated heterocycles. The molecule has 2 aromatic rings. The predicted octanol–water partition coefficient (Wildman–Crippen LogP) is 2.09. The van der Waals surface area contributed by atoms with E-state index >= 15 is 0 Å². The second kappa shape index (κ2) is 7.74. The van der Waals surface area contributed by atoms with E-state index < -0.39 is 11.8 Å². The summed E-state index contributed by atoms with van der Waals surface area (Å²) in [4.78, 5) is 23.4. The second-order valence-corrected chi connectivity index (χ2v) is 4.80. The highest BCUT2D eigenvalue weighted by Crippen LogP contribution is 2.10. The number of hydrogen-bond acceptors (Lipinski definition) is 4. The minimum absolute atomic E-state index is 0.560. The fourth-order valence-electron chi connectivity index (χ4n) is 1.82. The summed E-state index contributed by atoms with van der Waals surface area (Å²) in [5, 5.41) is 6.26. The fraction of sp³-hybridized carbons (Fsp3) is 0.118. The molecule has 0 aromatic heterocycles. The van der Waals surface area contributed by atoms with Gasteiger partial charge in [-0.15, -0.1) is 0 Å². The molecule has 2 rings (SSSR count). The number of anilines is 1. The number of carbonyl (C=O) groups is 2. The molecule has 0 aliphatic carbocycles. The molecule has 23 heavy (non-hydrogen) atoms. The average molecular weight is 311 g/mol. The van der Waals surface area contributed by atoms with Gasteiger partial charge in [-0.25, -0.2) is 5.43 Å². The molecule has 0 saturated carbocycles. The average Bonchev–Trinajstić information content (AvgIpc) is 2.55. The highest BCUT2D eigenvalue weighted by atomic mass is 16.5. The van der Waals surface area contributed by atoms with Crippen molar-refractivity contribution < 1.29 is 14.3 Å². The van der Waals surface area contributed by atoms with E-state index in [4.69, 9.17) is 4.74 Å². The number of benzene rings is 2. The molecular weight excluding hydrogens is 294 g/mol. The Balaban J connectivity index is 1.88. The molecule has 0 aliphatic heterocycles. The van der Waals surface area contributed by atoms with Crippen LogP contribution in [0.5, 0.6) is 5.75 Å². The van der Waals surface area contributed by atoms with E-state index in [1.807, 2.05) is 13.0 Å². The van der Waals surface area contributed by atoms with Crippen LogP contribution in [0.2, 0.25) is 0 Å². The number of rotatable bonds is 4. The van der Waals surface area contributed by atoms with Crippen LogP contribution in [0.25, 0.3) is 0 Å². The van der Waals surface area contributed by atoms with Gasteiger partial charge in [0.1, 0.15) is 5.75 Å². The molecule has 0 unspecified atom stereocenters. The monoisotopic (exact) mass is 311 g/mol. The van der Waals surface area contributed by atoms with Gasteiger partial charge >= 0.3 is 11.8 Å². The maximum Gasteiger partial charge on any atom is 0.329 e. The lowest BCUT2D eigenvalue weighted by molar-refractivity contribution is -0.136. The third-order valence-electron chi connectivity index (χ3n) is 2.98. The number of methoxy groups -OCH3 is 1. The van der Waals surface area contributed by atoms with Crippen LogP contribution in [0.1, 0.15) is 11.1 Å². The molecule has 0 aliphatic rings. The van der Waals surface area contributed by atoms with Crippen molar-refractivity contribution in [2.24, 2.45) is 5.10 Å². The molecule has 118 valence electrons. The van der Waals surface area contributed by atoms with E-state index in [9.17, 15) is 9.59 Å². The van der Waals surface area contributed by atoms with Gasteiger partial charge in [-0.1, -0.05) is 12.1 Å². The number of hydrazone groups is 1. The fourth-order valence-corrected chi connectivity index (χ4v) is 1.82. The van der Waals surface area contributed by atoms with Crippen molar-refractivity contribution in [3.8, 4) is 5.75 Å². The minimum Gasteiger partial charge on any atom is -0.497 e. The lowest BCUT2D eigenvalue weighted by atomic mass is 10.2. The van der Waals surface area contributed by atoms with Gasteiger partial charge in [0.2, 0.25) is 0 Å². The van der Waals surface area contributed by atoms with Crippen LogP contribution in [0.15, 0.2) is 53.6 Å². The Morgan fingerprint density at radius 3 is 2.48 bits per heavy atom. The molecule has 0 radical (unpaired) electrons. The predicted molar refractivity (Wildman–Crippen MR) is 88.5 cm³/mol. The van der Waals surface area contributed by atoms with Gasteiger partial charge in [-0.2, -0.15) is 5.10 Å². The molecular formula is C17H17N3O3. The molecule has 0 fully saturated rings. The third-order valence-corrected chi connectivity index (χ3v) is 2.98. The lowest BCUT2D eigenvalue weighted by Gasteiger charge is -2.04. The summed E-state index contributed by atoms with van der Waals surface area (Å²) in [6.45, 7) is 1.90. The first-order valence-corrected chi connectivity index (χ1v) is 6.93. The quantitative estimate of drug-likeness (QED) is 0.515. The number of nitrogens with one attached hydrogen (secondary N) is 2. The molecule has 0 bridgehead atoms. The Morgan fingerprint density at radius 2 is 1.83 bits per heavy atom. The maximum absolute atomic E-state index is 11.7. The maximum atomic E-state index is 11.7. The normalized spacial score (nSPS) is 10.3. The SMILES string of the molecule is COc1ccc(/C=N/NC(=O)C(=O)Nc2cccc(C)c2)cc1. The Labute approximate surface area is 134 Å². The lowest BCUT2D eigenvalue weighted by Crippen LogP contribution is -2.32. The summed E-state index contributed by atoms with van der Waals surface area (Å²) >= 11 is 0. The highest BCUT2D eigenvalue weighted by molar-refractivity contribution is 6.39. The van der Waals surface area contributed by atoms with E-state index in [0.717, 1.165) is 16.9 Å². The molecule has 0 atom stereocenters. The van der Waals surface area contributed by atoms with Gasteiger partial charge in [0, 0.05) is 5.69 Å². The molecule has 0 heterocycles. The van der Waals surface area contributed by atoms with Gasteiger partial charge in [-0.3, -0.25) is 9.59 Å². The third kappa shape index (κ3) is 4.96. The van der Waals surface area contributed by atoms with Crippen LogP contribution in [0.3, 0.4) is 0 Å². The largest absolute Gasteiger partial charge is 0.497 e. The van der Waals surface area contributed by atoms with E-state index in [1.54, 1.807) is 49.6 Å². The van der Waals surface area contributed by atoms with Gasteiger partial charge in [0.05, 0.1) is 13.3 Å². The number of ether oxygens (including phenoxy) is 1. The van der Waals surface area contributed by atoms with Crippen molar-refractivity contribution in [1.29, 1.82) is 0 Å². The van der Waals surface area contributed by atoms with E-state index in [1.165, 1.54) is 6.21 Å². The van der Waals surface area contributed by atoms with Gasteiger partial charge in [0.15, 0.2) is 0 Å². The summed E-state index contributed by atoms with van der Waals surface area (Å²) in [6, 6.07) is 14.3. The number of aryl methyl sites for hydroxylation is 1. The smallest absolute Gasteiger partial charge is 0.329 e. The van der Waals surface area contributed by atoms with Crippen molar-refractivity contribution in [2.45, 2.75) is 6.92 Å². The number of amides is 2. The summed E-state index contributed by atoms with van der Waals surface area (Å²) < 4.78 is 5.04. The number of nitrogens with zero attached hydrogens (tertiary/aromatic N) is 1. The zero-order valence-corrected chi connectivity index (χ0v) is 12.9.